The molecule has 102 valence electrons. The van der Waals surface area contributed by atoms with Gasteiger partial charge in [0, 0.05) is 22.8 Å². The zero-order valence-electron chi connectivity index (χ0n) is 11.1. The summed E-state index contributed by atoms with van der Waals surface area (Å²) in [6, 6.07) is 3.99. The molecule has 0 saturated carbocycles. The summed E-state index contributed by atoms with van der Waals surface area (Å²) in [5.74, 6) is 0. The lowest BCUT2D eigenvalue weighted by Crippen LogP contribution is -2.41. The van der Waals surface area contributed by atoms with Crippen molar-refractivity contribution >= 4 is 17.4 Å². The van der Waals surface area contributed by atoms with E-state index < -0.39 is 0 Å². The number of aryl methyl sites for hydroxylation is 1. The number of aliphatic hydroxyl groups excluding tert-OH is 1. The van der Waals surface area contributed by atoms with Crippen molar-refractivity contribution in [2.75, 3.05) is 19.7 Å². The monoisotopic (exact) mass is 270 g/mol. The first-order valence-corrected chi connectivity index (χ1v) is 7.18. The molecular weight excluding hydrogens is 248 g/mol. The summed E-state index contributed by atoms with van der Waals surface area (Å²) < 4.78 is 0. The van der Waals surface area contributed by atoms with Gasteiger partial charge >= 0.3 is 6.03 Å². The van der Waals surface area contributed by atoms with Crippen molar-refractivity contribution in [1.82, 2.24) is 10.2 Å². The van der Waals surface area contributed by atoms with Crippen LogP contribution in [0, 0.1) is 6.92 Å². The molecular formula is C13H22N2O2S. The first kappa shape index (κ1) is 15.0. The van der Waals surface area contributed by atoms with E-state index in [1.165, 1.54) is 4.88 Å². The summed E-state index contributed by atoms with van der Waals surface area (Å²) in [4.78, 5) is 16.0. The minimum absolute atomic E-state index is 0.00917. The van der Waals surface area contributed by atoms with E-state index in [2.05, 4.69) is 25.2 Å². The average molecular weight is 270 g/mol. The lowest BCUT2D eigenvalue weighted by molar-refractivity contribution is 0.176. The van der Waals surface area contributed by atoms with Gasteiger partial charge in [-0.15, -0.1) is 11.3 Å². The van der Waals surface area contributed by atoms with Crippen molar-refractivity contribution in [2.24, 2.45) is 0 Å². The Balaban J connectivity index is 2.40. The second-order valence-corrected chi connectivity index (χ2v) is 5.61. The molecule has 0 aromatic carbocycles. The molecule has 1 aromatic heterocycles. The number of urea groups is 1. The van der Waals surface area contributed by atoms with Gasteiger partial charge in [-0.1, -0.05) is 13.3 Å². The summed E-state index contributed by atoms with van der Waals surface area (Å²) >= 11 is 1.69. The molecule has 0 atom stereocenters. The summed E-state index contributed by atoms with van der Waals surface area (Å²) in [7, 11) is 0. The van der Waals surface area contributed by atoms with Gasteiger partial charge in [0.2, 0.25) is 0 Å². The van der Waals surface area contributed by atoms with Crippen molar-refractivity contribution < 1.29 is 9.90 Å². The molecule has 0 aliphatic carbocycles. The second kappa shape index (κ2) is 8.11. The summed E-state index contributed by atoms with van der Waals surface area (Å²) in [6.45, 7) is 5.81. The van der Waals surface area contributed by atoms with Crippen LogP contribution in [0.15, 0.2) is 12.1 Å². The third-order valence-electron chi connectivity index (χ3n) is 2.65. The molecule has 5 heteroatoms. The number of nitrogens with zero attached hydrogens (tertiary/aromatic N) is 1. The van der Waals surface area contributed by atoms with Crippen molar-refractivity contribution in [3.05, 3.63) is 21.9 Å². The number of unbranched alkanes of at least 4 members (excludes halogenated alkanes) is 1. The molecule has 0 aliphatic rings. The minimum atomic E-state index is -0.0939. The first-order valence-electron chi connectivity index (χ1n) is 6.36. The fraction of sp³-hybridized carbons (Fsp3) is 0.615. The van der Waals surface area contributed by atoms with Crippen LogP contribution < -0.4 is 5.32 Å². The Kier molecular flexibility index (Phi) is 6.75. The maximum absolute atomic E-state index is 11.9. The van der Waals surface area contributed by atoms with Crippen molar-refractivity contribution in [2.45, 2.75) is 33.2 Å². The number of rotatable bonds is 7. The van der Waals surface area contributed by atoms with Crippen molar-refractivity contribution in [1.29, 1.82) is 0 Å². The molecule has 0 fully saturated rings. The SMILES string of the molecule is CCCCN(CCO)C(=O)NCc1ccc(C)s1. The topological polar surface area (TPSA) is 52.6 Å². The number of hydrogen-bond acceptors (Lipinski definition) is 3. The third-order valence-corrected chi connectivity index (χ3v) is 3.65. The summed E-state index contributed by atoms with van der Waals surface area (Å²) in [5, 5.41) is 11.8. The predicted molar refractivity (Wildman–Crippen MR) is 74.9 cm³/mol. The van der Waals surface area contributed by atoms with Gasteiger partial charge in [0.05, 0.1) is 13.2 Å². The lowest BCUT2D eigenvalue weighted by Gasteiger charge is -2.21. The van der Waals surface area contributed by atoms with Crippen LogP contribution in [-0.4, -0.2) is 35.7 Å². The number of aliphatic hydroxyl groups is 1. The van der Waals surface area contributed by atoms with Crippen LogP contribution in [0.2, 0.25) is 0 Å². The molecule has 0 aliphatic heterocycles. The molecule has 0 saturated heterocycles. The molecule has 1 rings (SSSR count). The third kappa shape index (κ3) is 5.06. The fourth-order valence-corrected chi connectivity index (χ4v) is 2.47. The first-order chi connectivity index (χ1) is 8.67. The number of carbonyl (C=O) groups excluding carboxylic acids is 1. The molecule has 0 unspecified atom stereocenters. The second-order valence-electron chi connectivity index (χ2n) is 4.24. The van der Waals surface area contributed by atoms with E-state index in [1.54, 1.807) is 16.2 Å². The van der Waals surface area contributed by atoms with Crippen molar-refractivity contribution in [3.63, 3.8) is 0 Å². The van der Waals surface area contributed by atoms with E-state index in [-0.39, 0.29) is 12.6 Å². The van der Waals surface area contributed by atoms with Gasteiger partial charge in [-0.3, -0.25) is 0 Å². The molecule has 0 spiro atoms. The van der Waals surface area contributed by atoms with Crippen LogP contribution in [0.5, 0.6) is 0 Å². The smallest absolute Gasteiger partial charge is 0.317 e. The van der Waals surface area contributed by atoms with Gasteiger partial charge in [0.25, 0.3) is 0 Å². The van der Waals surface area contributed by atoms with E-state index in [9.17, 15) is 4.79 Å². The Bertz CT molecular complexity index is 366. The number of carbonyl (C=O) groups is 1. The molecule has 4 nitrogen and oxygen atoms in total. The number of nitrogens with one attached hydrogen (secondary N) is 1. The minimum Gasteiger partial charge on any atom is -0.395 e. The van der Waals surface area contributed by atoms with Gasteiger partial charge < -0.3 is 15.3 Å². The Morgan fingerprint density at radius 2 is 2.22 bits per heavy atom. The Hall–Kier alpha value is -1.07. The van der Waals surface area contributed by atoms with Crippen molar-refractivity contribution in [3.8, 4) is 0 Å². The lowest BCUT2D eigenvalue weighted by atomic mass is 10.3. The van der Waals surface area contributed by atoms with Crippen LogP contribution in [0.1, 0.15) is 29.5 Å². The zero-order chi connectivity index (χ0) is 13.4. The molecule has 1 aromatic rings. The molecule has 2 amide bonds. The number of amides is 2. The molecule has 2 N–H and O–H groups in total. The highest BCUT2D eigenvalue weighted by atomic mass is 32.1. The van der Waals surface area contributed by atoms with Gasteiger partial charge in [0.15, 0.2) is 0 Å². The number of hydrogen-bond donors (Lipinski definition) is 2. The quantitative estimate of drug-likeness (QED) is 0.799. The van der Waals surface area contributed by atoms with Gasteiger partial charge in [-0.2, -0.15) is 0 Å². The fourth-order valence-electron chi connectivity index (χ4n) is 1.64. The van der Waals surface area contributed by atoms with E-state index >= 15 is 0 Å². The van der Waals surface area contributed by atoms with E-state index in [0.29, 0.717) is 19.6 Å². The van der Waals surface area contributed by atoms with Gasteiger partial charge in [-0.25, -0.2) is 4.79 Å². The molecule has 0 bridgehead atoms. The largest absolute Gasteiger partial charge is 0.395 e. The molecule has 1 heterocycles. The normalized spacial score (nSPS) is 10.4. The Morgan fingerprint density at radius 1 is 1.44 bits per heavy atom. The van der Waals surface area contributed by atoms with E-state index in [1.807, 2.05) is 6.07 Å². The van der Waals surface area contributed by atoms with E-state index in [4.69, 9.17) is 5.11 Å². The summed E-state index contributed by atoms with van der Waals surface area (Å²) in [5.41, 5.74) is 0. The van der Waals surface area contributed by atoms with Gasteiger partial charge in [-0.05, 0) is 25.5 Å². The highest BCUT2D eigenvalue weighted by Crippen LogP contribution is 2.14. The van der Waals surface area contributed by atoms with Gasteiger partial charge in [0.1, 0.15) is 0 Å². The predicted octanol–water partition coefficient (Wildman–Crippen LogP) is 2.36. The maximum atomic E-state index is 11.9. The summed E-state index contributed by atoms with van der Waals surface area (Å²) in [6.07, 6.45) is 2.00. The average Bonchev–Trinajstić information content (AvgIpc) is 2.77. The van der Waals surface area contributed by atoms with Crippen LogP contribution >= 0.6 is 11.3 Å². The highest BCUT2D eigenvalue weighted by molar-refractivity contribution is 7.11. The number of thiophene rings is 1. The molecule has 0 radical (unpaired) electrons. The van der Waals surface area contributed by atoms with Crippen LogP contribution in [0.4, 0.5) is 4.79 Å². The maximum Gasteiger partial charge on any atom is 0.317 e. The van der Waals surface area contributed by atoms with E-state index in [0.717, 1.165) is 17.7 Å². The Morgan fingerprint density at radius 3 is 2.78 bits per heavy atom. The van der Waals surface area contributed by atoms with Crippen LogP contribution in [0.25, 0.3) is 0 Å². The zero-order valence-corrected chi connectivity index (χ0v) is 11.9. The van der Waals surface area contributed by atoms with Crippen LogP contribution in [0.3, 0.4) is 0 Å². The standard InChI is InChI=1S/C13H22N2O2S/c1-3-4-7-15(8-9-16)13(17)14-10-12-6-5-11(2)18-12/h5-6,16H,3-4,7-10H2,1-2H3,(H,14,17). The molecule has 18 heavy (non-hydrogen) atoms. The Labute approximate surface area is 113 Å². The highest BCUT2D eigenvalue weighted by Gasteiger charge is 2.11. The van der Waals surface area contributed by atoms with Crippen LogP contribution in [-0.2, 0) is 6.54 Å².